The van der Waals surface area contributed by atoms with Crippen LogP contribution >= 0.6 is 0 Å². The molecule has 0 fully saturated rings. The predicted molar refractivity (Wildman–Crippen MR) is 99.8 cm³/mol. The topological polar surface area (TPSA) is 101 Å². The van der Waals surface area contributed by atoms with E-state index in [1.54, 1.807) is 12.1 Å². The van der Waals surface area contributed by atoms with Crippen LogP contribution in [-0.2, 0) is 0 Å². The number of anilines is 2. The molecule has 1 aliphatic rings. The number of H-pyrrole nitrogens is 1. The number of aromatic amines is 1. The third-order valence-electron chi connectivity index (χ3n) is 4.76. The average molecular weight is 375 g/mol. The molecule has 0 spiro atoms. The Labute approximate surface area is 158 Å². The van der Waals surface area contributed by atoms with E-state index in [9.17, 15) is 9.18 Å². The van der Waals surface area contributed by atoms with Gasteiger partial charge in [0.05, 0.1) is 5.69 Å². The molecule has 1 aliphatic heterocycles. The van der Waals surface area contributed by atoms with E-state index in [0.29, 0.717) is 28.5 Å². The van der Waals surface area contributed by atoms with Crippen molar-refractivity contribution >= 4 is 11.6 Å². The highest BCUT2D eigenvalue weighted by molar-refractivity contribution is 5.75. The molecule has 1 atom stereocenters. The van der Waals surface area contributed by atoms with Gasteiger partial charge in [0, 0.05) is 11.1 Å². The molecule has 0 bridgehead atoms. The Bertz CT molecular complexity index is 1250. The van der Waals surface area contributed by atoms with E-state index in [1.807, 2.05) is 31.2 Å². The van der Waals surface area contributed by atoms with Crippen molar-refractivity contribution in [3.8, 4) is 11.3 Å². The van der Waals surface area contributed by atoms with Gasteiger partial charge in [0.25, 0.3) is 5.56 Å². The molecule has 0 saturated heterocycles. The molecular formula is C19H14FN7O. The molecule has 9 heteroatoms. The van der Waals surface area contributed by atoms with Crippen molar-refractivity contribution in [1.82, 2.24) is 30.4 Å². The summed E-state index contributed by atoms with van der Waals surface area (Å²) in [5.41, 5.74) is 3.57. The highest BCUT2D eigenvalue weighted by atomic mass is 19.1. The van der Waals surface area contributed by atoms with Crippen LogP contribution in [0.5, 0.6) is 0 Å². The number of tetrazole rings is 1. The molecule has 0 radical (unpaired) electrons. The van der Waals surface area contributed by atoms with Crippen molar-refractivity contribution in [2.75, 3.05) is 5.32 Å². The smallest absolute Gasteiger partial charge is 0.288 e. The van der Waals surface area contributed by atoms with E-state index in [4.69, 9.17) is 0 Å². The number of nitrogens with one attached hydrogen (secondary N) is 2. The van der Waals surface area contributed by atoms with Crippen LogP contribution in [0, 0.1) is 12.7 Å². The fourth-order valence-electron chi connectivity index (χ4n) is 3.45. The minimum atomic E-state index is -0.608. The third-order valence-corrected chi connectivity index (χ3v) is 4.76. The molecule has 0 amide bonds. The molecule has 2 aromatic heterocycles. The summed E-state index contributed by atoms with van der Waals surface area (Å²) >= 11 is 0. The summed E-state index contributed by atoms with van der Waals surface area (Å²) in [7, 11) is 0. The second-order valence-electron chi connectivity index (χ2n) is 6.59. The van der Waals surface area contributed by atoms with Crippen LogP contribution in [-0.4, -0.2) is 30.4 Å². The van der Waals surface area contributed by atoms with Gasteiger partial charge in [0.1, 0.15) is 17.5 Å². The van der Waals surface area contributed by atoms with Crippen LogP contribution in [0.3, 0.4) is 0 Å². The van der Waals surface area contributed by atoms with Crippen molar-refractivity contribution in [3.05, 3.63) is 81.4 Å². The molecule has 28 heavy (non-hydrogen) atoms. The number of rotatable bonds is 2. The maximum Gasteiger partial charge on any atom is 0.288 e. The van der Waals surface area contributed by atoms with Crippen LogP contribution in [0.4, 0.5) is 16.0 Å². The molecule has 2 aromatic carbocycles. The summed E-state index contributed by atoms with van der Waals surface area (Å²) in [5, 5.41) is 21.5. The summed E-state index contributed by atoms with van der Waals surface area (Å²) < 4.78 is 15.5. The van der Waals surface area contributed by atoms with Gasteiger partial charge >= 0.3 is 0 Å². The lowest BCUT2D eigenvalue weighted by atomic mass is 9.92. The lowest BCUT2D eigenvalue weighted by Gasteiger charge is -2.27. The van der Waals surface area contributed by atoms with E-state index in [-0.39, 0.29) is 5.82 Å². The van der Waals surface area contributed by atoms with E-state index >= 15 is 0 Å². The first-order valence-electron chi connectivity index (χ1n) is 8.62. The maximum absolute atomic E-state index is 14.0. The van der Waals surface area contributed by atoms with E-state index < -0.39 is 11.6 Å². The number of hydrogen-bond donors (Lipinski definition) is 2. The summed E-state index contributed by atoms with van der Waals surface area (Å²) in [6, 6.07) is 13.3. The number of fused-ring (bicyclic) bond motifs is 2. The summed E-state index contributed by atoms with van der Waals surface area (Å²) in [4.78, 5) is 12.5. The fraction of sp³-hybridized carbons (Fsp3) is 0.105. The minimum Gasteiger partial charge on any atom is -0.318 e. The molecule has 2 N–H and O–H groups in total. The van der Waals surface area contributed by atoms with Crippen molar-refractivity contribution in [2.24, 2.45) is 0 Å². The van der Waals surface area contributed by atoms with Gasteiger partial charge in [0.15, 0.2) is 0 Å². The monoisotopic (exact) mass is 375 g/mol. The van der Waals surface area contributed by atoms with Gasteiger partial charge in [-0.05, 0) is 35.0 Å². The number of hydrogen-bond acceptors (Lipinski definition) is 6. The van der Waals surface area contributed by atoms with E-state index in [2.05, 4.69) is 31.0 Å². The Balaban J connectivity index is 1.82. The third kappa shape index (κ3) is 2.48. The molecule has 3 heterocycles. The van der Waals surface area contributed by atoms with Gasteiger partial charge in [-0.25, -0.2) is 9.49 Å². The van der Waals surface area contributed by atoms with Crippen LogP contribution in [0.1, 0.15) is 22.7 Å². The van der Waals surface area contributed by atoms with E-state index in [1.165, 1.54) is 16.8 Å². The van der Waals surface area contributed by atoms with Gasteiger partial charge in [-0.1, -0.05) is 47.1 Å². The molecule has 0 saturated carbocycles. The Morgan fingerprint density at radius 1 is 1.14 bits per heavy atom. The Morgan fingerprint density at radius 2 is 1.96 bits per heavy atom. The maximum atomic E-state index is 14.0. The van der Waals surface area contributed by atoms with Gasteiger partial charge in [-0.2, -0.15) is 9.78 Å². The zero-order valence-electron chi connectivity index (χ0n) is 14.7. The van der Waals surface area contributed by atoms with Crippen LogP contribution in [0.15, 0.2) is 53.3 Å². The highest BCUT2D eigenvalue weighted by Crippen LogP contribution is 2.41. The number of aryl methyl sites for hydroxylation is 1. The number of halogens is 1. The molecule has 4 aromatic rings. The number of aromatic nitrogens is 6. The first-order valence-corrected chi connectivity index (χ1v) is 8.62. The lowest BCUT2D eigenvalue weighted by molar-refractivity contribution is 0.560. The molecular weight excluding hydrogens is 361 g/mol. The normalized spacial score (nSPS) is 14.9. The average Bonchev–Trinajstić information content (AvgIpc) is 3.16. The summed E-state index contributed by atoms with van der Waals surface area (Å²) in [6.45, 7) is 1.99. The van der Waals surface area contributed by atoms with Gasteiger partial charge in [-0.15, -0.1) is 0 Å². The molecule has 0 aliphatic carbocycles. The number of benzene rings is 2. The van der Waals surface area contributed by atoms with Crippen LogP contribution < -0.4 is 10.9 Å². The first kappa shape index (κ1) is 16.3. The van der Waals surface area contributed by atoms with Crippen molar-refractivity contribution in [1.29, 1.82) is 0 Å². The standard InChI is InChI=1S/C19H14FN7O/c1-10-5-7-11(8-6-10)15-14-16(18(28)23-22-15)21-19-24-25-26-27(19)17(14)12-3-2-4-13(20)9-12/h2-9,17H,1H3,(H,23,28)(H,21,24,26). The first-order chi connectivity index (χ1) is 13.6. The quantitative estimate of drug-likeness (QED) is 0.492. The van der Waals surface area contributed by atoms with Crippen molar-refractivity contribution in [3.63, 3.8) is 0 Å². The second-order valence-corrected chi connectivity index (χ2v) is 6.59. The van der Waals surface area contributed by atoms with E-state index in [0.717, 1.165) is 11.1 Å². The van der Waals surface area contributed by atoms with Crippen LogP contribution in [0.2, 0.25) is 0 Å². The lowest BCUT2D eigenvalue weighted by Crippen LogP contribution is -2.29. The molecule has 1 unspecified atom stereocenters. The molecule has 5 rings (SSSR count). The van der Waals surface area contributed by atoms with Crippen LogP contribution in [0.25, 0.3) is 11.3 Å². The highest BCUT2D eigenvalue weighted by Gasteiger charge is 2.34. The second kappa shape index (κ2) is 6.08. The zero-order valence-corrected chi connectivity index (χ0v) is 14.7. The number of nitrogens with zero attached hydrogens (tertiary/aromatic N) is 5. The largest absolute Gasteiger partial charge is 0.318 e. The Hall–Kier alpha value is -3.88. The summed E-state index contributed by atoms with van der Waals surface area (Å²) in [5.74, 6) is -0.0878. The zero-order chi connectivity index (χ0) is 19.3. The van der Waals surface area contributed by atoms with Gasteiger partial charge < -0.3 is 5.32 Å². The minimum absolute atomic E-state index is 0.294. The van der Waals surface area contributed by atoms with Crippen molar-refractivity contribution in [2.45, 2.75) is 13.0 Å². The SMILES string of the molecule is Cc1ccc(-c2n[nH]c(=O)c3c2C(c2cccc(F)c2)n2nnnc2N3)cc1. The van der Waals surface area contributed by atoms with Gasteiger partial charge in [0.2, 0.25) is 5.95 Å². The Kier molecular flexibility index (Phi) is 3.54. The van der Waals surface area contributed by atoms with Crippen molar-refractivity contribution < 1.29 is 4.39 Å². The fourth-order valence-corrected chi connectivity index (χ4v) is 3.45. The summed E-state index contributed by atoms with van der Waals surface area (Å²) in [6.07, 6.45) is 0. The predicted octanol–water partition coefficient (Wildman–Crippen LogP) is 2.57. The Morgan fingerprint density at radius 3 is 2.75 bits per heavy atom. The molecule has 138 valence electrons. The van der Waals surface area contributed by atoms with Gasteiger partial charge in [-0.3, -0.25) is 4.79 Å². The molecule has 8 nitrogen and oxygen atoms in total.